The van der Waals surface area contributed by atoms with Crippen molar-refractivity contribution in [2.45, 2.75) is 6.42 Å². The van der Waals surface area contributed by atoms with Gasteiger partial charge in [-0.05, 0) is 18.6 Å². The van der Waals surface area contributed by atoms with Crippen LogP contribution in [0.15, 0.2) is 36.2 Å². The Bertz CT molecular complexity index is 213. The van der Waals surface area contributed by atoms with E-state index in [1.807, 2.05) is 5.01 Å². The zero-order chi connectivity index (χ0) is 6.81. The molecule has 0 aliphatic carbocycles. The smallest absolute Gasteiger partial charge is 0.0541 e. The molecule has 2 heterocycles. The Balaban J connectivity index is 2.29. The van der Waals surface area contributed by atoms with Gasteiger partial charge in [0.25, 0.3) is 0 Å². The lowest BCUT2D eigenvalue weighted by Crippen LogP contribution is -2.25. The molecule has 2 nitrogen and oxygen atoms in total. The average molecular weight is 134 g/mol. The van der Waals surface area contributed by atoms with Crippen LogP contribution in [-0.4, -0.2) is 11.6 Å². The molecule has 0 aromatic carbocycles. The summed E-state index contributed by atoms with van der Waals surface area (Å²) in [6.45, 7) is 0.948. The van der Waals surface area contributed by atoms with Crippen LogP contribution in [-0.2, 0) is 0 Å². The quantitative estimate of drug-likeness (QED) is 0.535. The van der Waals surface area contributed by atoms with Gasteiger partial charge in [0.15, 0.2) is 0 Å². The number of nitrogens with one attached hydrogen (secondary N) is 1. The highest BCUT2D eigenvalue weighted by Crippen LogP contribution is 2.12. The van der Waals surface area contributed by atoms with Crippen molar-refractivity contribution in [2.75, 3.05) is 6.54 Å². The van der Waals surface area contributed by atoms with Gasteiger partial charge in [-0.2, -0.15) is 0 Å². The summed E-state index contributed by atoms with van der Waals surface area (Å²) in [6, 6.07) is 0. The van der Waals surface area contributed by atoms with E-state index in [9.17, 15) is 0 Å². The number of nitrogens with zero attached hydrogens (tertiary/aromatic N) is 1. The Morgan fingerprint density at radius 3 is 3.40 bits per heavy atom. The summed E-state index contributed by atoms with van der Waals surface area (Å²) < 4.78 is 0. The zero-order valence-corrected chi connectivity index (χ0v) is 5.75. The van der Waals surface area contributed by atoms with Crippen molar-refractivity contribution in [3.63, 3.8) is 0 Å². The first-order valence-electron chi connectivity index (χ1n) is 3.53. The molecule has 0 bridgehead atoms. The van der Waals surface area contributed by atoms with E-state index in [4.69, 9.17) is 0 Å². The summed E-state index contributed by atoms with van der Waals surface area (Å²) >= 11 is 0. The first-order chi connectivity index (χ1) is 4.97. The Labute approximate surface area is 60.5 Å². The molecular weight excluding hydrogens is 124 g/mol. The molecule has 2 aliphatic heterocycles. The third-order valence-electron chi connectivity index (χ3n) is 1.67. The summed E-state index contributed by atoms with van der Waals surface area (Å²) in [5.74, 6) is 0. The molecule has 2 rings (SSSR count). The number of rotatable bonds is 0. The third-order valence-corrected chi connectivity index (χ3v) is 1.67. The van der Waals surface area contributed by atoms with E-state index in [2.05, 4.69) is 35.9 Å². The van der Waals surface area contributed by atoms with Crippen molar-refractivity contribution in [1.82, 2.24) is 10.4 Å². The highest BCUT2D eigenvalue weighted by Gasteiger charge is 2.08. The van der Waals surface area contributed by atoms with Crippen LogP contribution in [0.25, 0.3) is 0 Å². The molecule has 0 fully saturated rings. The SMILES string of the molecule is C1=CC2=CCNN2C=CC1. The second-order valence-corrected chi connectivity index (χ2v) is 2.38. The highest BCUT2D eigenvalue weighted by molar-refractivity contribution is 5.25. The van der Waals surface area contributed by atoms with Gasteiger partial charge in [-0.1, -0.05) is 12.2 Å². The number of hydrogen-bond acceptors (Lipinski definition) is 2. The number of fused-ring (bicyclic) bond motifs is 1. The molecule has 0 aromatic rings. The van der Waals surface area contributed by atoms with Crippen LogP contribution >= 0.6 is 0 Å². The van der Waals surface area contributed by atoms with Gasteiger partial charge in [0, 0.05) is 12.7 Å². The zero-order valence-electron chi connectivity index (χ0n) is 5.75. The normalized spacial score (nSPS) is 22.4. The fourth-order valence-corrected chi connectivity index (χ4v) is 1.16. The Kier molecular flexibility index (Phi) is 1.32. The van der Waals surface area contributed by atoms with Crippen molar-refractivity contribution >= 4 is 0 Å². The molecule has 0 spiro atoms. The lowest BCUT2D eigenvalue weighted by atomic mass is 10.3. The molecule has 0 atom stereocenters. The lowest BCUT2D eigenvalue weighted by Gasteiger charge is -2.13. The number of hydrogen-bond donors (Lipinski definition) is 1. The van der Waals surface area contributed by atoms with Gasteiger partial charge in [-0.25, -0.2) is 5.43 Å². The van der Waals surface area contributed by atoms with Crippen LogP contribution < -0.4 is 5.43 Å². The topological polar surface area (TPSA) is 15.3 Å². The fourth-order valence-electron chi connectivity index (χ4n) is 1.16. The van der Waals surface area contributed by atoms with E-state index in [1.165, 1.54) is 5.70 Å². The number of hydrazine groups is 1. The third kappa shape index (κ3) is 0.866. The first-order valence-corrected chi connectivity index (χ1v) is 3.53. The van der Waals surface area contributed by atoms with Crippen molar-refractivity contribution in [3.8, 4) is 0 Å². The molecule has 2 aliphatic rings. The minimum atomic E-state index is 0.948. The summed E-state index contributed by atoms with van der Waals surface area (Å²) in [5.41, 5.74) is 4.46. The average Bonchev–Trinajstić information content (AvgIpc) is 2.28. The largest absolute Gasteiger partial charge is 0.285 e. The van der Waals surface area contributed by atoms with Crippen molar-refractivity contribution in [3.05, 3.63) is 36.2 Å². The Morgan fingerprint density at radius 2 is 2.40 bits per heavy atom. The van der Waals surface area contributed by atoms with E-state index in [0.717, 1.165) is 13.0 Å². The van der Waals surface area contributed by atoms with E-state index < -0.39 is 0 Å². The molecule has 0 radical (unpaired) electrons. The van der Waals surface area contributed by atoms with Gasteiger partial charge in [0.1, 0.15) is 0 Å². The van der Waals surface area contributed by atoms with Crippen LogP contribution in [0.2, 0.25) is 0 Å². The van der Waals surface area contributed by atoms with Crippen molar-refractivity contribution < 1.29 is 0 Å². The van der Waals surface area contributed by atoms with Crippen LogP contribution in [0.1, 0.15) is 6.42 Å². The standard InChI is InChI=1S/C8H10N2/c1-2-4-8-5-6-9-10(8)7-3-1/h2-5,7,9H,1,6H2. The van der Waals surface area contributed by atoms with Gasteiger partial charge >= 0.3 is 0 Å². The summed E-state index contributed by atoms with van der Waals surface area (Å²) in [5, 5.41) is 2.05. The second kappa shape index (κ2) is 2.31. The van der Waals surface area contributed by atoms with E-state index in [-0.39, 0.29) is 0 Å². The maximum atomic E-state index is 3.20. The minimum Gasteiger partial charge on any atom is -0.285 e. The van der Waals surface area contributed by atoms with E-state index in [0.29, 0.717) is 0 Å². The molecule has 0 unspecified atom stereocenters. The first kappa shape index (κ1) is 5.74. The Hall–Kier alpha value is -1.02. The molecule has 0 aromatic heterocycles. The van der Waals surface area contributed by atoms with Gasteiger partial charge < -0.3 is 0 Å². The fraction of sp³-hybridized carbons (Fsp3) is 0.250. The predicted molar refractivity (Wildman–Crippen MR) is 40.8 cm³/mol. The molecule has 2 heteroatoms. The van der Waals surface area contributed by atoms with Gasteiger partial charge in [0.05, 0.1) is 5.70 Å². The lowest BCUT2D eigenvalue weighted by molar-refractivity contribution is 0.398. The van der Waals surface area contributed by atoms with Crippen molar-refractivity contribution in [1.29, 1.82) is 0 Å². The van der Waals surface area contributed by atoms with E-state index in [1.54, 1.807) is 0 Å². The predicted octanol–water partition coefficient (Wildman–Crippen LogP) is 1.16. The Morgan fingerprint density at radius 1 is 1.40 bits per heavy atom. The maximum Gasteiger partial charge on any atom is 0.0541 e. The molecule has 1 N–H and O–H groups in total. The summed E-state index contributed by atoms with van der Waals surface area (Å²) in [6.07, 6.45) is 11.7. The van der Waals surface area contributed by atoms with Gasteiger partial charge in [-0.3, -0.25) is 5.01 Å². The highest BCUT2D eigenvalue weighted by atomic mass is 15.5. The number of allylic oxidation sites excluding steroid dienone is 3. The molecule has 0 saturated carbocycles. The monoisotopic (exact) mass is 134 g/mol. The summed E-state index contributed by atoms with van der Waals surface area (Å²) in [7, 11) is 0. The molecule has 10 heavy (non-hydrogen) atoms. The molecule has 52 valence electrons. The molecule has 0 amide bonds. The molecule has 0 saturated heterocycles. The van der Waals surface area contributed by atoms with Gasteiger partial charge in [-0.15, -0.1) is 0 Å². The summed E-state index contributed by atoms with van der Waals surface area (Å²) in [4.78, 5) is 0. The van der Waals surface area contributed by atoms with Crippen LogP contribution in [0.5, 0.6) is 0 Å². The van der Waals surface area contributed by atoms with Crippen molar-refractivity contribution in [2.24, 2.45) is 0 Å². The minimum absolute atomic E-state index is 0.948. The van der Waals surface area contributed by atoms with Crippen LogP contribution in [0.3, 0.4) is 0 Å². The maximum absolute atomic E-state index is 3.20. The molecular formula is C8H10N2. The van der Waals surface area contributed by atoms with E-state index >= 15 is 0 Å². The van der Waals surface area contributed by atoms with Gasteiger partial charge in [0.2, 0.25) is 0 Å². The van der Waals surface area contributed by atoms with Crippen LogP contribution in [0.4, 0.5) is 0 Å². The van der Waals surface area contributed by atoms with Crippen LogP contribution in [0, 0.1) is 0 Å². The second-order valence-electron chi connectivity index (χ2n) is 2.38.